The number of halogens is 3. The second kappa shape index (κ2) is 7.78. The third-order valence-electron chi connectivity index (χ3n) is 4.67. The predicted molar refractivity (Wildman–Crippen MR) is 97.9 cm³/mol. The fourth-order valence-corrected chi connectivity index (χ4v) is 3.15. The molecule has 2 aromatic rings. The zero-order valence-electron chi connectivity index (χ0n) is 16.3. The van der Waals surface area contributed by atoms with Gasteiger partial charge in [0.2, 0.25) is 0 Å². The van der Waals surface area contributed by atoms with E-state index in [4.69, 9.17) is 10.00 Å². The Morgan fingerprint density at radius 2 is 2.03 bits per heavy atom. The van der Waals surface area contributed by atoms with Crippen molar-refractivity contribution in [2.24, 2.45) is 5.92 Å². The number of nitriles is 1. The van der Waals surface area contributed by atoms with Gasteiger partial charge in [-0.15, -0.1) is 0 Å². The summed E-state index contributed by atoms with van der Waals surface area (Å²) in [7, 11) is 0. The second-order valence-corrected chi connectivity index (χ2v) is 7.48. The molecule has 0 N–H and O–H groups in total. The van der Waals surface area contributed by atoms with Gasteiger partial charge in [0.25, 0.3) is 5.91 Å². The van der Waals surface area contributed by atoms with E-state index in [1.54, 1.807) is 6.20 Å². The van der Waals surface area contributed by atoms with Crippen LogP contribution < -0.4 is 4.74 Å². The van der Waals surface area contributed by atoms with Gasteiger partial charge in [-0.3, -0.25) is 9.48 Å². The summed E-state index contributed by atoms with van der Waals surface area (Å²) in [6.07, 6.45) is -4.95. The van der Waals surface area contributed by atoms with E-state index < -0.39 is 18.2 Å². The van der Waals surface area contributed by atoms with Crippen molar-refractivity contribution < 1.29 is 22.7 Å². The Morgan fingerprint density at radius 3 is 2.66 bits per heavy atom. The van der Waals surface area contributed by atoms with E-state index >= 15 is 0 Å². The average Bonchev–Trinajstić information content (AvgIpc) is 3.22. The molecule has 29 heavy (non-hydrogen) atoms. The number of amides is 1. The summed E-state index contributed by atoms with van der Waals surface area (Å²) in [6.45, 7) is 6.30. The van der Waals surface area contributed by atoms with Gasteiger partial charge in [-0.25, -0.2) is 0 Å². The zero-order valence-corrected chi connectivity index (χ0v) is 16.3. The normalized spacial score (nSPS) is 14.6. The van der Waals surface area contributed by atoms with Crippen molar-refractivity contribution >= 4 is 5.91 Å². The molecule has 0 saturated carbocycles. The lowest BCUT2D eigenvalue weighted by Gasteiger charge is -2.22. The molecule has 1 unspecified atom stereocenters. The predicted octanol–water partition coefficient (Wildman–Crippen LogP) is 3.90. The van der Waals surface area contributed by atoms with E-state index in [1.807, 2.05) is 10.8 Å². The molecule has 6 nitrogen and oxygen atoms in total. The topological polar surface area (TPSA) is 71.2 Å². The number of rotatable bonds is 5. The number of carbonyl (C=O) groups excluding carboxylic acids is 1. The molecule has 0 aliphatic carbocycles. The summed E-state index contributed by atoms with van der Waals surface area (Å²) in [6, 6.07) is 5.73. The molecule has 2 heterocycles. The highest BCUT2D eigenvalue weighted by molar-refractivity contribution is 5.97. The summed E-state index contributed by atoms with van der Waals surface area (Å²) < 4.78 is 45.6. The van der Waals surface area contributed by atoms with Gasteiger partial charge in [0.15, 0.2) is 6.10 Å². The quantitative estimate of drug-likeness (QED) is 0.755. The van der Waals surface area contributed by atoms with Crippen LogP contribution in [-0.2, 0) is 19.6 Å². The van der Waals surface area contributed by atoms with E-state index in [1.165, 1.54) is 23.1 Å². The number of hydrogen-bond donors (Lipinski definition) is 0. The van der Waals surface area contributed by atoms with Gasteiger partial charge in [0, 0.05) is 18.7 Å². The molecule has 1 amide bonds. The molecule has 9 heteroatoms. The maximum absolute atomic E-state index is 13.1. The first kappa shape index (κ1) is 20.7. The van der Waals surface area contributed by atoms with Crippen LogP contribution in [0.3, 0.4) is 0 Å². The van der Waals surface area contributed by atoms with Gasteiger partial charge in [0.1, 0.15) is 5.75 Å². The number of ether oxygens (including phenoxy) is 1. The maximum atomic E-state index is 13.1. The van der Waals surface area contributed by atoms with E-state index in [0.717, 1.165) is 18.2 Å². The van der Waals surface area contributed by atoms with E-state index in [0.29, 0.717) is 25.6 Å². The fourth-order valence-electron chi connectivity index (χ4n) is 3.15. The van der Waals surface area contributed by atoms with E-state index in [9.17, 15) is 18.0 Å². The van der Waals surface area contributed by atoms with Crippen LogP contribution in [0.4, 0.5) is 13.2 Å². The van der Waals surface area contributed by atoms with Crippen LogP contribution in [0.25, 0.3) is 0 Å². The molecule has 1 atom stereocenters. The molecule has 1 aliphatic rings. The Kier molecular flexibility index (Phi) is 5.55. The van der Waals surface area contributed by atoms with Gasteiger partial charge in [-0.1, -0.05) is 13.8 Å². The highest BCUT2D eigenvalue weighted by Gasteiger charge is 2.39. The number of benzene rings is 1. The summed E-state index contributed by atoms with van der Waals surface area (Å²) >= 11 is 0. The van der Waals surface area contributed by atoms with Crippen molar-refractivity contribution in [3.8, 4) is 11.8 Å². The summed E-state index contributed by atoms with van der Waals surface area (Å²) in [4.78, 5) is 14.6. The molecule has 0 saturated heterocycles. The first-order valence-corrected chi connectivity index (χ1v) is 9.20. The monoisotopic (exact) mass is 406 g/mol. The smallest absolute Gasteiger partial charge is 0.425 e. The van der Waals surface area contributed by atoms with Crippen LogP contribution in [0.5, 0.6) is 5.75 Å². The summed E-state index contributed by atoms with van der Waals surface area (Å²) in [5.41, 5.74) is 1.92. The van der Waals surface area contributed by atoms with Crippen molar-refractivity contribution in [1.82, 2.24) is 14.7 Å². The molecule has 0 spiro atoms. The Morgan fingerprint density at radius 1 is 1.31 bits per heavy atom. The molecule has 154 valence electrons. The number of alkyl halides is 3. The molecule has 3 rings (SSSR count). The third-order valence-corrected chi connectivity index (χ3v) is 4.67. The number of aromatic nitrogens is 2. The van der Waals surface area contributed by atoms with Crippen molar-refractivity contribution in [2.45, 2.75) is 52.7 Å². The highest BCUT2D eigenvalue weighted by Crippen LogP contribution is 2.31. The maximum Gasteiger partial charge on any atom is 0.425 e. The van der Waals surface area contributed by atoms with Crippen molar-refractivity contribution in [3.63, 3.8) is 0 Å². The van der Waals surface area contributed by atoms with Gasteiger partial charge in [-0.05, 0) is 31.0 Å². The Labute approximate surface area is 166 Å². The minimum absolute atomic E-state index is 0.0614. The number of carbonyl (C=O) groups is 1. The van der Waals surface area contributed by atoms with Crippen molar-refractivity contribution in [3.05, 3.63) is 46.8 Å². The minimum atomic E-state index is -4.57. The van der Waals surface area contributed by atoms with E-state index in [-0.39, 0.29) is 16.9 Å². The molecule has 0 fully saturated rings. The first-order chi connectivity index (χ1) is 13.6. The minimum Gasteiger partial charge on any atom is -0.480 e. The van der Waals surface area contributed by atoms with Crippen LogP contribution in [0.1, 0.15) is 48.0 Å². The second-order valence-electron chi connectivity index (χ2n) is 7.48. The molecular formula is C20H21F3N4O2. The highest BCUT2D eigenvalue weighted by atomic mass is 19.4. The van der Waals surface area contributed by atoms with Gasteiger partial charge in [-0.2, -0.15) is 23.5 Å². The molecular weight excluding hydrogens is 385 g/mol. The van der Waals surface area contributed by atoms with Gasteiger partial charge < -0.3 is 9.64 Å². The third kappa shape index (κ3) is 4.36. The lowest BCUT2D eigenvalue weighted by atomic mass is 10.1. The molecule has 0 bridgehead atoms. The fraction of sp³-hybridized carbons (Fsp3) is 0.450. The Bertz CT molecular complexity index is 960. The van der Waals surface area contributed by atoms with Gasteiger partial charge >= 0.3 is 6.18 Å². The summed E-state index contributed by atoms with van der Waals surface area (Å²) in [5.74, 6) is -0.308. The zero-order chi connectivity index (χ0) is 21.3. The van der Waals surface area contributed by atoms with Crippen LogP contribution in [0.15, 0.2) is 24.4 Å². The van der Waals surface area contributed by atoms with E-state index in [2.05, 4.69) is 18.9 Å². The largest absolute Gasteiger partial charge is 0.480 e. The Balaban J connectivity index is 1.87. The average molecular weight is 406 g/mol. The standard InChI is InChI=1S/C20H21F3N4O2/c1-12(2)9-27-17-11-26(10-15(17)8-25-27)19(28)16-6-14(7-24)4-5-18(16)29-13(3)20(21,22)23/h4-6,8,12-13H,9-11H2,1-3H3. The van der Waals surface area contributed by atoms with Gasteiger partial charge in [0.05, 0.1) is 35.6 Å². The van der Waals surface area contributed by atoms with Crippen LogP contribution in [0, 0.1) is 17.2 Å². The van der Waals surface area contributed by atoms with Crippen LogP contribution in [-0.4, -0.2) is 32.9 Å². The van der Waals surface area contributed by atoms with Crippen molar-refractivity contribution in [1.29, 1.82) is 5.26 Å². The molecule has 1 aromatic carbocycles. The number of nitrogens with zero attached hydrogens (tertiary/aromatic N) is 4. The molecule has 1 aliphatic heterocycles. The van der Waals surface area contributed by atoms with Crippen LogP contribution >= 0.6 is 0 Å². The molecule has 0 radical (unpaired) electrons. The number of hydrogen-bond acceptors (Lipinski definition) is 4. The lowest BCUT2D eigenvalue weighted by molar-refractivity contribution is -0.189. The van der Waals surface area contributed by atoms with Crippen molar-refractivity contribution in [2.75, 3.05) is 0 Å². The number of fused-ring (bicyclic) bond motifs is 1. The summed E-state index contributed by atoms with van der Waals surface area (Å²) in [5, 5.41) is 13.5. The lowest BCUT2D eigenvalue weighted by Crippen LogP contribution is -2.33. The molecule has 1 aromatic heterocycles. The Hall–Kier alpha value is -3.02. The SMILES string of the molecule is CC(C)Cn1ncc2c1CN(C(=O)c1cc(C#N)ccc1OC(C)C(F)(F)F)C2. The first-order valence-electron chi connectivity index (χ1n) is 9.20. The van der Waals surface area contributed by atoms with Crippen LogP contribution in [0.2, 0.25) is 0 Å².